The highest BCUT2D eigenvalue weighted by atomic mass is 31.2. The predicted octanol–water partition coefficient (Wildman–Crippen LogP) is 15.6. The lowest BCUT2D eigenvalue weighted by atomic mass is 10.00. The van der Waals surface area contributed by atoms with Crippen LogP contribution in [0.5, 0.6) is 0 Å². The smallest absolute Gasteiger partial charge is 0.462 e. The Morgan fingerprint density at radius 3 is 0.974 bits per heavy atom. The van der Waals surface area contributed by atoms with Gasteiger partial charge in [0.05, 0.1) is 26.4 Å². The molecule has 0 saturated heterocycles. The Kier molecular flexibility index (Phi) is 49.5. The molecule has 462 valence electrons. The van der Waals surface area contributed by atoms with Crippen LogP contribution in [0.1, 0.15) is 280 Å². The topological polar surface area (TPSA) is 237 Å². The van der Waals surface area contributed by atoms with Crippen LogP contribution in [-0.4, -0.2) is 96.7 Å². The third-order valence-electron chi connectivity index (χ3n) is 13.7. The van der Waals surface area contributed by atoms with E-state index in [4.69, 9.17) is 37.0 Å². The fourth-order valence-electron chi connectivity index (χ4n) is 8.56. The molecule has 0 radical (unpaired) electrons. The monoisotopic (exact) mass is 1160 g/mol. The lowest BCUT2D eigenvalue weighted by molar-refractivity contribution is -0.161. The van der Waals surface area contributed by atoms with Crippen LogP contribution in [-0.2, 0) is 65.4 Å². The zero-order valence-electron chi connectivity index (χ0n) is 50.1. The van der Waals surface area contributed by atoms with Crippen molar-refractivity contribution in [2.45, 2.75) is 298 Å². The van der Waals surface area contributed by atoms with E-state index in [0.29, 0.717) is 31.6 Å². The molecule has 17 nitrogen and oxygen atoms in total. The molecule has 0 aromatic carbocycles. The number of rotatable bonds is 57. The van der Waals surface area contributed by atoms with Gasteiger partial charge in [-0.25, -0.2) is 9.13 Å². The van der Waals surface area contributed by atoms with Crippen molar-refractivity contribution in [1.29, 1.82) is 0 Å². The van der Waals surface area contributed by atoms with Crippen LogP contribution >= 0.6 is 15.6 Å². The third-order valence-corrected chi connectivity index (χ3v) is 15.6. The molecule has 0 bridgehead atoms. The molecule has 0 aliphatic heterocycles. The molecule has 0 aromatic rings. The van der Waals surface area contributed by atoms with Crippen molar-refractivity contribution in [2.75, 3.05) is 39.6 Å². The average molecular weight is 1160 g/mol. The van der Waals surface area contributed by atoms with E-state index < -0.39 is 97.5 Å². The lowest BCUT2D eigenvalue weighted by Gasteiger charge is -2.21. The summed E-state index contributed by atoms with van der Waals surface area (Å²) >= 11 is 0. The third kappa shape index (κ3) is 52.2. The highest BCUT2D eigenvalue weighted by Crippen LogP contribution is 2.45. The van der Waals surface area contributed by atoms with E-state index in [1.807, 2.05) is 0 Å². The van der Waals surface area contributed by atoms with Crippen LogP contribution in [0, 0.1) is 17.8 Å². The van der Waals surface area contributed by atoms with Crippen molar-refractivity contribution in [3.05, 3.63) is 0 Å². The number of hydrogen-bond donors (Lipinski definition) is 3. The molecular formula is C59H114O17P2. The van der Waals surface area contributed by atoms with Gasteiger partial charge >= 0.3 is 39.5 Å². The molecule has 0 saturated carbocycles. The van der Waals surface area contributed by atoms with Crippen molar-refractivity contribution < 1.29 is 80.2 Å². The first-order valence-corrected chi connectivity index (χ1v) is 33.9. The standard InChI is InChI=1S/C59H114O17P2/c1-8-10-11-12-16-26-33-40-56(61)69-46-55(76-59(64)43-36-29-22-21-25-32-39-52(7)9-2)49-74-78(67,68)72-45-53(60)44-71-77(65,66)73-48-54(47-70-57(62)41-34-27-20-15-18-24-31-38-51(5)6)75-58(63)42-35-28-19-14-13-17-23-30-37-50(3)4/h50-55,60H,8-49H2,1-7H3,(H,65,66)(H,67,68)/t52?,53-,54-,55-/m1/s1. The maximum atomic E-state index is 12.9. The second-order valence-electron chi connectivity index (χ2n) is 22.6. The van der Waals surface area contributed by atoms with Crippen LogP contribution in [0.2, 0.25) is 0 Å². The van der Waals surface area contributed by atoms with Crippen LogP contribution in [0.4, 0.5) is 0 Å². The van der Waals surface area contributed by atoms with E-state index in [0.717, 1.165) is 121 Å². The van der Waals surface area contributed by atoms with E-state index in [1.165, 1.54) is 70.6 Å². The second kappa shape index (κ2) is 50.8. The van der Waals surface area contributed by atoms with Gasteiger partial charge in [0.15, 0.2) is 12.2 Å². The molecule has 0 heterocycles. The van der Waals surface area contributed by atoms with Gasteiger partial charge in [-0.15, -0.1) is 0 Å². The number of ether oxygens (including phenoxy) is 4. The number of phosphoric ester groups is 2. The van der Waals surface area contributed by atoms with Crippen LogP contribution in [0.3, 0.4) is 0 Å². The summed E-state index contributed by atoms with van der Waals surface area (Å²) in [5.74, 6) is -0.00789. The number of aliphatic hydroxyl groups excluding tert-OH is 1. The van der Waals surface area contributed by atoms with Gasteiger partial charge in [0.2, 0.25) is 0 Å². The largest absolute Gasteiger partial charge is 0.472 e. The Bertz CT molecular complexity index is 1560. The lowest BCUT2D eigenvalue weighted by Crippen LogP contribution is -2.30. The summed E-state index contributed by atoms with van der Waals surface area (Å²) in [4.78, 5) is 71.8. The normalized spacial score (nSPS) is 14.9. The number of carbonyl (C=O) groups is 4. The van der Waals surface area contributed by atoms with E-state index >= 15 is 0 Å². The van der Waals surface area contributed by atoms with Gasteiger partial charge in [0.25, 0.3) is 0 Å². The fourth-order valence-corrected chi connectivity index (χ4v) is 10.1. The van der Waals surface area contributed by atoms with Crippen LogP contribution in [0.15, 0.2) is 0 Å². The van der Waals surface area contributed by atoms with E-state index in [9.17, 15) is 43.2 Å². The van der Waals surface area contributed by atoms with Crippen LogP contribution < -0.4 is 0 Å². The van der Waals surface area contributed by atoms with E-state index in [2.05, 4.69) is 48.5 Å². The average Bonchev–Trinajstić information content (AvgIpc) is 3.39. The molecule has 0 fully saturated rings. The molecule has 0 spiro atoms. The van der Waals surface area contributed by atoms with Crippen molar-refractivity contribution in [1.82, 2.24) is 0 Å². The predicted molar refractivity (Wildman–Crippen MR) is 308 cm³/mol. The van der Waals surface area contributed by atoms with E-state index in [1.54, 1.807) is 0 Å². The molecular weight excluding hydrogens is 1040 g/mol. The quantitative estimate of drug-likeness (QED) is 0.0222. The van der Waals surface area contributed by atoms with Crippen molar-refractivity contribution >= 4 is 39.5 Å². The van der Waals surface area contributed by atoms with Gasteiger partial charge in [-0.05, 0) is 43.4 Å². The molecule has 78 heavy (non-hydrogen) atoms. The molecule has 0 aromatic heterocycles. The van der Waals surface area contributed by atoms with Crippen molar-refractivity contribution in [2.24, 2.45) is 17.8 Å². The molecule has 0 aliphatic rings. The van der Waals surface area contributed by atoms with Gasteiger partial charge in [0, 0.05) is 25.7 Å². The Hall–Kier alpha value is -1.94. The summed E-state index contributed by atoms with van der Waals surface area (Å²) in [6.07, 6.45) is 29.6. The fraction of sp³-hybridized carbons (Fsp3) is 0.932. The summed E-state index contributed by atoms with van der Waals surface area (Å²) in [7, 11) is -9.87. The number of phosphoric acid groups is 2. The van der Waals surface area contributed by atoms with Gasteiger partial charge in [-0.3, -0.25) is 37.3 Å². The first-order valence-electron chi connectivity index (χ1n) is 30.9. The number of unbranched alkanes of at least 4 members (excludes halogenated alkanes) is 24. The van der Waals surface area contributed by atoms with Gasteiger partial charge < -0.3 is 33.8 Å². The molecule has 0 amide bonds. The molecule has 0 aliphatic carbocycles. The number of esters is 4. The second-order valence-corrected chi connectivity index (χ2v) is 25.5. The van der Waals surface area contributed by atoms with Crippen molar-refractivity contribution in [3.8, 4) is 0 Å². The van der Waals surface area contributed by atoms with Gasteiger partial charge in [-0.1, -0.05) is 228 Å². The Morgan fingerprint density at radius 2 is 0.654 bits per heavy atom. The van der Waals surface area contributed by atoms with Crippen molar-refractivity contribution in [3.63, 3.8) is 0 Å². The zero-order valence-corrected chi connectivity index (χ0v) is 51.9. The van der Waals surface area contributed by atoms with Crippen LogP contribution in [0.25, 0.3) is 0 Å². The first-order chi connectivity index (χ1) is 37.3. The zero-order chi connectivity index (χ0) is 58.1. The Balaban J connectivity index is 5.23. The first kappa shape index (κ1) is 76.1. The summed E-state index contributed by atoms with van der Waals surface area (Å²) in [6, 6.07) is 0. The number of aliphatic hydroxyl groups is 1. The minimum Gasteiger partial charge on any atom is -0.462 e. The molecule has 3 unspecified atom stereocenters. The van der Waals surface area contributed by atoms with E-state index in [-0.39, 0.29) is 25.7 Å². The minimum atomic E-state index is -4.94. The minimum absolute atomic E-state index is 0.102. The number of carbonyl (C=O) groups excluding carboxylic acids is 4. The summed E-state index contributed by atoms with van der Waals surface area (Å²) in [5, 5.41) is 10.5. The Morgan fingerprint density at radius 1 is 0.372 bits per heavy atom. The van der Waals surface area contributed by atoms with Gasteiger partial charge in [0.1, 0.15) is 19.3 Å². The molecule has 19 heteroatoms. The number of hydrogen-bond acceptors (Lipinski definition) is 15. The Labute approximate surface area is 473 Å². The SMILES string of the molecule is CCCCCCCCCC(=O)OC[C@H](COP(=O)(O)OC[C@H](O)COP(=O)(O)OC[C@@H](COC(=O)CCCCCCCCCC(C)C)OC(=O)CCCCCCCCCCC(C)C)OC(=O)CCCCCCCCC(C)CC. The molecule has 3 N–H and O–H groups in total. The maximum absolute atomic E-state index is 12.9. The van der Waals surface area contributed by atoms with Gasteiger partial charge in [-0.2, -0.15) is 0 Å². The maximum Gasteiger partial charge on any atom is 0.472 e. The summed E-state index contributed by atoms with van der Waals surface area (Å²) in [5.41, 5.74) is 0. The summed E-state index contributed by atoms with van der Waals surface area (Å²) < 4.78 is 67.7. The molecule has 6 atom stereocenters. The summed E-state index contributed by atoms with van der Waals surface area (Å²) in [6.45, 7) is 11.6. The highest BCUT2D eigenvalue weighted by molar-refractivity contribution is 7.47. The highest BCUT2D eigenvalue weighted by Gasteiger charge is 2.30. The molecule has 0 rings (SSSR count).